The van der Waals surface area contributed by atoms with Gasteiger partial charge in [-0.25, -0.2) is 8.42 Å². The molecular weight excluding hydrogens is 270 g/mol. The summed E-state index contributed by atoms with van der Waals surface area (Å²) in [5.74, 6) is 0.438. The Morgan fingerprint density at radius 1 is 1.05 bits per heavy atom. The first-order valence-electron chi connectivity index (χ1n) is 6.55. The molecule has 5 heteroatoms. The summed E-state index contributed by atoms with van der Waals surface area (Å²) in [5.41, 5.74) is 1.05. The van der Waals surface area contributed by atoms with Gasteiger partial charge in [-0.15, -0.1) is 0 Å². The Kier molecular flexibility index (Phi) is 3.95. The summed E-state index contributed by atoms with van der Waals surface area (Å²) in [4.78, 5) is -0.306. The van der Waals surface area contributed by atoms with Crippen LogP contribution in [0.2, 0.25) is 0 Å². The van der Waals surface area contributed by atoms with E-state index in [1.165, 1.54) is 31.4 Å². The number of rotatable bonds is 3. The quantitative estimate of drug-likeness (QED) is 0.838. The minimum atomic E-state index is -4.56. The van der Waals surface area contributed by atoms with Gasteiger partial charge in [0.1, 0.15) is 0 Å². The molecule has 1 aromatic carbocycles. The monoisotopic (exact) mass is 288 g/mol. The van der Waals surface area contributed by atoms with Crippen LogP contribution < -0.4 is 0 Å². The van der Waals surface area contributed by atoms with E-state index in [0.717, 1.165) is 18.4 Å². The number of hydrogen-bond donors (Lipinski definition) is 0. The summed E-state index contributed by atoms with van der Waals surface area (Å²) >= 11 is 0. The Morgan fingerprint density at radius 2 is 1.58 bits per heavy atom. The van der Waals surface area contributed by atoms with Crippen LogP contribution in [0.3, 0.4) is 0 Å². The number of hydrogen-bond acceptors (Lipinski definition) is 2. The average Bonchev–Trinajstić information content (AvgIpc) is 2.39. The zero-order chi connectivity index (χ0) is 14.1. The van der Waals surface area contributed by atoms with E-state index in [1.54, 1.807) is 12.1 Å². The van der Waals surface area contributed by atoms with Crippen molar-refractivity contribution >= 4 is 9.84 Å². The van der Waals surface area contributed by atoms with Crippen LogP contribution in [0.1, 0.15) is 50.5 Å². The average molecular weight is 288 g/mol. The smallest absolute Gasteiger partial charge is 0.217 e. The van der Waals surface area contributed by atoms with Crippen molar-refractivity contribution in [1.29, 1.82) is 0 Å². The van der Waals surface area contributed by atoms with Crippen LogP contribution in [-0.2, 0) is 9.84 Å². The van der Waals surface area contributed by atoms with Gasteiger partial charge in [-0.05, 0) is 36.5 Å². The van der Waals surface area contributed by atoms with Crippen molar-refractivity contribution in [2.45, 2.75) is 55.1 Å². The molecule has 0 aromatic heterocycles. The summed E-state index contributed by atoms with van der Waals surface area (Å²) in [7, 11) is -4.56. The predicted octanol–water partition coefficient (Wildman–Crippen LogP) is 4.12. The van der Waals surface area contributed by atoms with Gasteiger partial charge in [0.25, 0.3) is 0 Å². The second-order valence-corrected chi connectivity index (χ2v) is 7.41. The van der Waals surface area contributed by atoms with E-state index in [-0.39, 0.29) is 4.90 Å². The zero-order valence-electron chi connectivity index (χ0n) is 10.9. The third-order valence-electron chi connectivity index (χ3n) is 3.74. The van der Waals surface area contributed by atoms with Gasteiger partial charge in [-0.2, -0.15) is 8.78 Å². The van der Waals surface area contributed by atoms with E-state index in [0.29, 0.717) is 12.8 Å². The first-order valence-corrected chi connectivity index (χ1v) is 8.03. The fraction of sp³-hybridized carbons (Fsp3) is 0.571. The van der Waals surface area contributed by atoms with Crippen molar-refractivity contribution in [2.75, 3.05) is 0 Å². The molecule has 0 spiro atoms. The van der Waals surface area contributed by atoms with Gasteiger partial charge in [0.2, 0.25) is 9.84 Å². The van der Waals surface area contributed by atoms with Crippen LogP contribution in [0, 0.1) is 0 Å². The van der Waals surface area contributed by atoms with Gasteiger partial charge in [-0.3, -0.25) is 0 Å². The van der Waals surface area contributed by atoms with Crippen LogP contribution in [0.15, 0.2) is 29.2 Å². The molecule has 1 aliphatic rings. The lowest BCUT2D eigenvalue weighted by molar-refractivity contribution is 0.114. The van der Waals surface area contributed by atoms with Crippen LogP contribution in [-0.4, -0.2) is 13.7 Å². The molecule has 0 unspecified atom stereocenters. The Balaban J connectivity index is 2.23. The minimum absolute atomic E-state index is 0.306. The SMILES string of the molecule is CC(F)(F)S(=O)(=O)c1ccc(C2CCCCC2)cc1. The highest BCUT2D eigenvalue weighted by molar-refractivity contribution is 7.92. The minimum Gasteiger partial charge on any atom is -0.217 e. The predicted molar refractivity (Wildman–Crippen MR) is 70.1 cm³/mol. The summed E-state index contributed by atoms with van der Waals surface area (Å²) in [6.45, 7) is 0.414. The lowest BCUT2D eigenvalue weighted by atomic mass is 9.84. The maximum atomic E-state index is 13.1. The first-order chi connectivity index (χ1) is 8.82. The molecule has 0 saturated heterocycles. The van der Waals surface area contributed by atoms with Crippen molar-refractivity contribution < 1.29 is 17.2 Å². The third kappa shape index (κ3) is 2.96. The maximum absolute atomic E-state index is 13.1. The molecule has 0 bridgehead atoms. The highest BCUT2D eigenvalue weighted by atomic mass is 32.2. The molecule has 1 fully saturated rings. The Bertz CT molecular complexity index is 524. The van der Waals surface area contributed by atoms with Gasteiger partial charge in [-0.1, -0.05) is 31.4 Å². The molecule has 0 atom stereocenters. The maximum Gasteiger partial charge on any atom is 0.347 e. The van der Waals surface area contributed by atoms with E-state index in [9.17, 15) is 17.2 Å². The number of halogens is 2. The molecule has 0 radical (unpaired) electrons. The lowest BCUT2D eigenvalue weighted by Gasteiger charge is -2.22. The summed E-state index contributed by atoms with van der Waals surface area (Å²) in [5, 5.41) is -3.74. The summed E-state index contributed by atoms with van der Waals surface area (Å²) in [6, 6.07) is 5.95. The van der Waals surface area contributed by atoms with E-state index >= 15 is 0 Å². The van der Waals surface area contributed by atoms with Gasteiger partial charge in [0.05, 0.1) is 4.90 Å². The molecule has 0 amide bonds. The number of alkyl halides is 2. The van der Waals surface area contributed by atoms with E-state index < -0.39 is 15.1 Å². The Hall–Kier alpha value is -0.970. The normalized spacial score (nSPS) is 18.5. The van der Waals surface area contributed by atoms with Gasteiger partial charge in [0, 0.05) is 6.92 Å². The topological polar surface area (TPSA) is 34.1 Å². The first kappa shape index (κ1) is 14.4. The van der Waals surface area contributed by atoms with Crippen LogP contribution in [0.25, 0.3) is 0 Å². The molecule has 0 N–H and O–H groups in total. The summed E-state index contributed by atoms with van der Waals surface area (Å²) < 4.78 is 49.3. The second-order valence-electron chi connectivity index (χ2n) is 5.22. The molecule has 0 heterocycles. The van der Waals surface area contributed by atoms with Crippen molar-refractivity contribution in [3.8, 4) is 0 Å². The molecule has 2 rings (SSSR count). The third-order valence-corrected chi connectivity index (χ3v) is 5.58. The van der Waals surface area contributed by atoms with Crippen LogP contribution >= 0.6 is 0 Å². The van der Waals surface area contributed by atoms with Gasteiger partial charge in [0.15, 0.2) is 0 Å². The van der Waals surface area contributed by atoms with Crippen LogP contribution in [0.5, 0.6) is 0 Å². The lowest BCUT2D eigenvalue weighted by Crippen LogP contribution is -2.24. The molecule has 1 saturated carbocycles. The van der Waals surface area contributed by atoms with Crippen molar-refractivity contribution in [3.05, 3.63) is 29.8 Å². The van der Waals surface area contributed by atoms with E-state index in [2.05, 4.69) is 0 Å². The Labute approximate surface area is 112 Å². The molecule has 19 heavy (non-hydrogen) atoms. The van der Waals surface area contributed by atoms with Crippen molar-refractivity contribution in [3.63, 3.8) is 0 Å². The molecule has 1 aliphatic carbocycles. The molecule has 1 aromatic rings. The Morgan fingerprint density at radius 3 is 2.05 bits per heavy atom. The van der Waals surface area contributed by atoms with E-state index in [4.69, 9.17) is 0 Å². The molecular formula is C14H18F2O2S. The highest BCUT2D eigenvalue weighted by Crippen LogP contribution is 2.34. The van der Waals surface area contributed by atoms with Gasteiger partial charge < -0.3 is 0 Å². The second kappa shape index (κ2) is 5.19. The highest BCUT2D eigenvalue weighted by Gasteiger charge is 2.40. The van der Waals surface area contributed by atoms with Crippen molar-refractivity contribution in [2.24, 2.45) is 0 Å². The van der Waals surface area contributed by atoms with Crippen molar-refractivity contribution in [1.82, 2.24) is 0 Å². The standard InChI is InChI=1S/C14H18F2O2S/c1-14(15,16)19(17,18)13-9-7-12(8-10-13)11-5-3-2-4-6-11/h7-11H,2-6H2,1H3. The zero-order valence-corrected chi connectivity index (χ0v) is 11.7. The molecule has 106 valence electrons. The fourth-order valence-corrected chi connectivity index (χ4v) is 3.47. The molecule has 2 nitrogen and oxygen atoms in total. The molecule has 0 aliphatic heterocycles. The number of sulfone groups is 1. The fourth-order valence-electron chi connectivity index (χ4n) is 2.56. The largest absolute Gasteiger partial charge is 0.347 e. The van der Waals surface area contributed by atoms with E-state index in [1.807, 2.05) is 0 Å². The van der Waals surface area contributed by atoms with Crippen LogP contribution in [0.4, 0.5) is 8.78 Å². The van der Waals surface area contributed by atoms with Gasteiger partial charge >= 0.3 is 5.25 Å². The number of benzene rings is 1. The summed E-state index contributed by atoms with van der Waals surface area (Å²) in [6.07, 6.45) is 5.78.